The normalized spacial score (nSPS) is 11.7. The van der Waals surface area contributed by atoms with Gasteiger partial charge in [0.2, 0.25) is 5.91 Å². The number of anilines is 1. The summed E-state index contributed by atoms with van der Waals surface area (Å²) in [5, 5.41) is 3.29. The first-order chi connectivity index (χ1) is 11.8. The van der Waals surface area contributed by atoms with Crippen molar-refractivity contribution in [1.29, 1.82) is 0 Å². The second-order valence-electron chi connectivity index (χ2n) is 5.70. The molecule has 2 aromatic carbocycles. The number of benzene rings is 2. The second kappa shape index (κ2) is 6.23. The summed E-state index contributed by atoms with van der Waals surface area (Å²) in [5.74, 6) is -1.85. The zero-order valence-corrected chi connectivity index (χ0v) is 13.2. The Balaban J connectivity index is 1.81. The van der Waals surface area contributed by atoms with Crippen LogP contribution in [0.1, 0.15) is 11.1 Å². The molecular formula is C18H14F4N2O. The first kappa shape index (κ1) is 17.0. The predicted molar refractivity (Wildman–Crippen MR) is 86.7 cm³/mol. The van der Waals surface area contributed by atoms with Crippen LogP contribution < -0.4 is 5.32 Å². The average Bonchev–Trinajstić information content (AvgIpc) is 2.85. The highest BCUT2D eigenvalue weighted by Gasteiger charge is 2.34. The number of nitrogens with zero attached hydrogens (tertiary/aromatic N) is 1. The van der Waals surface area contributed by atoms with Gasteiger partial charge >= 0.3 is 6.18 Å². The number of para-hydroxylation sites is 1. The minimum atomic E-state index is -4.82. The van der Waals surface area contributed by atoms with E-state index in [1.165, 1.54) is 0 Å². The third kappa shape index (κ3) is 3.50. The van der Waals surface area contributed by atoms with Crippen LogP contribution in [0, 0.1) is 5.82 Å². The zero-order chi connectivity index (χ0) is 18.2. The standard InChI is InChI=1S/C18H14F4N2O/c1-24-10-11(13-4-2-3-5-16(13)24)8-17(25)23-12-6-7-15(19)14(9-12)18(20,21)22/h2-7,9-10H,8H2,1H3,(H,23,25). The number of hydrogen-bond acceptors (Lipinski definition) is 1. The van der Waals surface area contributed by atoms with Crippen LogP contribution in [0.2, 0.25) is 0 Å². The van der Waals surface area contributed by atoms with Crippen molar-refractivity contribution in [2.75, 3.05) is 5.32 Å². The molecule has 0 fully saturated rings. The summed E-state index contributed by atoms with van der Waals surface area (Å²) in [5.41, 5.74) is 0.203. The van der Waals surface area contributed by atoms with Gasteiger partial charge in [0.25, 0.3) is 0 Å². The van der Waals surface area contributed by atoms with E-state index in [0.717, 1.165) is 22.5 Å². The Morgan fingerprint density at radius 1 is 1.16 bits per heavy atom. The van der Waals surface area contributed by atoms with Crippen LogP contribution in [-0.2, 0) is 24.4 Å². The van der Waals surface area contributed by atoms with E-state index in [0.29, 0.717) is 12.1 Å². The zero-order valence-electron chi connectivity index (χ0n) is 13.2. The molecular weight excluding hydrogens is 336 g/mol. The molecule has 0 aliphatic heterocycles. The topological polar surface area (TPSA) is 34.0 Å². The fraction of sp³-hybridized carbons (Fsp3) is 0.167. The van der Waals surface area contributed by atoms with Crippen molar-refractivity contribution in [2.24, 2.45) is 7.05 Å². The SMILES string of the molecule is Cn1cc(CC(=O)Nc2ccc(F)c(C(F)(F)F)c2)c2ccccc21. The van der Waals surface area contributed by atoms with E-state index >= 15 is 0 Å². The summed E-state index contributed by atoms with van der Waals surface area (Å²) < 4.78 is 53.4. The Morgan fingerprint density at radius 3 is 2.60 bits per heavy atom. The molecule has 0 spiro atoms. The van der Waals surface area contributed by atoms with Crippen molar-refractivity contribution in [2.45, 2.75) is 12.6 Å². The maximum atomic E-state index is 13.3. The van der Waals surface area contributed by atoms with Gasteiger partial charge in [-0.15, -0.1) is 0 Å². The van der Waals surface area contributed by atoms with Gasteiger partial charge in [0.05, 0.1) is 12.0 Å². The van der Waals surface area contributed by atoms with E-state index in [2.05, 4.69) is 5.32 Å². The van der Waals surface area contributed by atoms with Crippen molar-refractivity contribution < 1.29 is 22.4 Å². The number of hydrogen-bond donors (Lipinski definition) is 1. The molecule has 0 unspecified atom stereocenters. The molecule has 3 nitrogen and oxygen atoms in total. The van der Waals surface area contributed by atoms with Crippen molar-refractivity contribution in [3.63, 3.8) is 0 Å². The summed E-state index contributed by atoms with van der Waals surface area (Å²) in [4.78, 5) is 12.2. The maximum Gasteiger partial charge on any atom is 0.419 e. The van der Waals surface area contributed by atoms with Crippen molar-refractivity contribution in [3.05, 3.63) is 65.6 Å². The Bertz CT molecular complexity index is 944. The summed E-state index contributed by atoms with van der Waals surface area (Å²) in [6.45, 7) is 0. The predicted octanol–water partition coefficient (Wildman–Crippen LogP) is 4.52. The largest absolute Gasteiger partial charge is 0.419 e. The van der Waals surface area contributed by atoms with Gasteiger partial charge in [-0.2, -0.15) is 13.2 Å². The van der Waals surface area contributed by atoms with E-state index in [4.69, 9.17) is 0 Å². The number of aryl methyl sites for hydroxylation is 1. The monoisotopic (exact) mass is 350 g/mol. The molecule has 25 heavy (non-hydrogen) atoms. The van der Waals surface area contributed by atoms with Crippen LogP contribution in [0.4, 0.5) is 23.2 Å². The quantitative estimate of drug-likeness (QED) is 0.693. The number of carbonyl (C=O) groups is 1. The molecule has 1 heterocycles. The lowest BCUT2D eigenvalue weighted by Gasteiger charge is -2.11. The summed E-state index contributed by atoms with van der Waals surface area (Å²) in [7, 11) is 1.85. The molecule has 0 bridgehead atoms. The minimum absolute atomic E-state index is 0.0000803. The fourth-order valence-electron chi connectivity index (χ4n) is 2.76. The summed E-state index contributed by atoms with van der Waals surface area (Å²) in [6, 6.07) is 9.89. The van der Waals surface area contributed by atoms with E-state index in [1.54, 1.807) is 6.20 Å². The number of alkyl halides is 3. The van der Waals surface area contributed by atoms with Gasteiger partial charge in [-0.3, -0.25) is 4.79 Å². The van der Waals surface area contributed by atoms with Crippen LogP contribution >= 0.6 is 0 Å². The molecule has 130 valence electrons. The summed E-state index contributed by atoms with van der Waals surface area (Å²) in [6.07, 6.45) is -3.02. The lowest BCUT2D eigenvalue weighted by atomic mass is 10.1. The van der Waals surface area contributed by atoms with Crippen molar-refractivity contribution in [1.82, 2.24) is 4.57 Å². The fourth-order valence-corrected chi connectivity index (χ4v) is 2.76. The van der Waals surface area contributed by atoms with Crippen LogP contribution in [0.25, 0.3) is 10.9 Å². The molecule has 0 saturated heterocycles. The van der Waals surface area contributed by atoms with Crippen LogP contribution in [0.15, 0.2) is 48.7 Å². The van der Waals surface area contributed by atoms with Gasteiger partial charge in [-0.1, -0.05) is 18.2 Å². The smallest absolute Gasteiger partial charge is 0.350 e. The highest BCUT2D eigenvalue weighted by molar-refractivity contribution is 5.96. The van der Waals surface area contributed by atoms with Crippen molar-refractivity contribution >= 4 is 22.5 Å². The van der Waals surface area contributed by atoms with E-state index < -0.39 is 23.5 Å². The number of halogens is 4. The first-order valence-corrected chi connectivity index (χ1v) is 7.45. The molecule has 0 aliphatic rings. The van der Waals surface area contributed by atoms with Crippen LogP contribution in [0.5, 0.6) is 0 Å². The van der Waals surface area contributed by atoms with Crippen molar-refractivity contribution in [3.8, 4) is 0 Å². The van der Waals surface area contributed by atoms with Gasteiger partial charge in [-0.25, -0.2) is 4.39 Å². The highest BCUT2D eigenvalue weighted by atomic mass is 19.4. The number of fused-ring (bicyclic) bond motifs is 1. The Labute approximate surface area is 140 Å². The van der Waals surface area contributed by atoms with Gasteiger partial charge in [0.1, 0.15) is 5.82 Å². The highest BCUT2D eigenvalue weighted by Crippen LogP contribution is 2.33. The second-order valence-corrected chi connectivity index (χ2v) is 5.70. The van der Waals surface area contributed by atoms with Gasteiger partial charge in [0.15, 0.2) is 0 Å². The molecule has 1 N–H and O–H groups in total. The maximum absolute atomic E-state index is 13.3. The number of nitrogens with one attached hydrogen (secondary N) is 1. The molecule has 3 aromatic rings. The number of amides is 1. The molecule has 1 amide bonds. The molecule has 3 rings (SSSR count). The molecule has 0 saturated carbocycles. The third-order valence-electron chi connectivity index (χ3n) is 3.89. The van der Waals surface area contributed by atoms with E-state index in [9.17, 15) is 22.4 Å². The van der Waals surface area contributed by atoms with Gasteiger partial charge in [0, 0.05) is 29.8 Å². The Hall–Kier alpha value is -2.83. The number of carbonyl (C=O) groups excluding carboxylic acids is 1. The number of aromatic nitrogens is 1. The third-order valence-corrected chi connectivity index (χ3v) is 3.89. The summed E-state index contributed by atoms with van der Waals surface area (Å²) >= 11 is 0. The van der Waals surface area contributed by atoms with E-state index in [1.807, 2.05) is 35.9 Å². The van der Waals surface area contributed by atoms with Gasteiger partial charge in [-0.05, 0) is 29.8 Å². The van der Waals surface area contributed by atoms with E-state index in [-0.39, 0.29) is 12.1 Å². The first-order valence-electron chi connectivity index (χ1n) is 7.45. The molecule has 0 radical (unpaired) electrons. The number of rotatable bonds is 3. The van der Waals surface area contributed by atoms with Gasteiger partial charge < -0.3 is 9.88 Å². The average molecular weight is 350 g/mol. The molecule has 7 heteroatoms. The molecule has 1 aromatic heterocycles. The lowest BCUT2D eigenvalue weighted by molar-refractivity contribution is -0.140. The Morgan fingerprint density at radius 2 is 1.88 bits per heavy atom. The Kier molecular flexibility index (Phi) is 4.24. The van der Waals surface area contributed by atoms with Crippen LogP contribution in [-0.4, -0.2) is 10.5 Å². The van der Waals surface area contributed by atoms with Crippen LogP contribution in [0.3, 0.4) is 0 Å². The molecule has 0 aliphatic carbocycles. The lowest BCUT2D eigenvalue weighted by Crippen LogP contribution is -2.16. The molecule has 0 atom stereocenters. The minimum Gasteiger partial charge on any atom is -0.350 e.